The van der Waals surface area contributed by atoms with Gasteiger partial charge in [0.05, 0.1) is 24.6 Å². The van der Waals surface area contributed by atoms with Crippen molar-refractivity contribution in [1.29, 1.82) is 0 Å². The fourth-order valence-corrected chi connectivity index (χ4v) is 2.26. The van der Waals surface area contributed by atoms with E-state index in [0.29, 0.717) is 23.0 Å². The van der Waals surface area contributed by atoms with Gasteiger partial charge in [-0.05, 0) is 12.1 Å². The number of rotatable bonds is 4. The summed E-state index contributed by atoms with van der Waals surface area (Å²) in [7, 11) is 0.975. The number of para-hydroxylation sites is 1. The zero-order valence-corrected chi connectivity index (χ0v) is 12.8. The molecule has 0 aliphatic carbocycles. The van der Waals surface area contributed by atoms with Gasteiger partial charge in [0, 0.05) is 5.56 Å². The Balaban J connectivity index is 1.99. The van der Waals surface area contributed by atoms with E-state index in [4.69, 9.17) is 0 Å². The van der Waals surface area contributed by atoms with Crippen LogP contribution in [0.25, 0.3) is 11.3 Å². The molecular weight excluding hydrogens is 337 g/mol. The highest BCUT2D eigenvalue weighted by atomic mass is 19.2. The summed E-state index contributed by atoms with van der Waals surface area (Å²) in [6.07, 6.45) is 1.51. The molecule has 0 saturated heterocycles. The maximum Gasteiger partial charge on any atom is 0.258 e. The number of carbonyl (C=O) groups excluding carboxylic acids is 1. The van der Waals surface area contributed by atoms with E-state index in [1.54, 1.807) is 24.3 Å². The molecule has 0 aliphatic rings. The van der Waals surface area contributed by atoms with Crippen molar-refractivity contribution in [1.82, 2.24) is 15.4 Å². The summed E-state index contributed by atoms with van der Waals surface area (Å²) >= 11 is 0. The molecule has 0 atom stereocenters. The molecule has 1 heterocycles. The summed E-state index contributed by atoms with van der Waals surface area (Å²) in [6.45, 7) is 0. The zero-order valence-electron chi connectivity index (χ0n) is 12.8. The molecule has 3 aromatic rings. The molecule has 9 heteroatoms. The molecule has 2 N–H and O–H groups in total. The number of methoxy groups -OCH3 is 1. The molecule has 2 aromatic carbocycles. The van der Waals surface area contributed by atoms with Gasteiger partial charge >= 0.3 is 0 Å². The van der Waals surface area contributed by atoms with Gasteiger partial charge in [-0.25, -0.2) is 8.78 Å². The number of hydrogen-bond acceptors (Lipinski definition) is 4. The van der Waals surface area contributed by atoms with Crippen molar-refractivity contribution < 1.29 is 22.7 Å². The molecule has 25 heavy (non-hydrogen) atoms. The van der Waals surface area contributed by atoms with E-state index in [1.807, 2.05) is 0 Å². The number of nitrogens with one attached hydrogen (secondary N) is 2. The molecule has 0 bridgehead atoms. The van der Waals surface area contributed by atoms with Gasteiger partial charge in [0.15, 0.2) is 17.4 Å². The number of H-pyrrole nitrogens is 1. The maximum absolute atomic E-state index is 14.2. The quantitative estimate of drug-likeness (QED) is 0.710. The van der Waals surface area contributed by atoms with Crippen molar-refractivity contribution >= 4 is 11.6 Å². The third-order valence-corrected chi connectivity index (χ3v) is 3.43. The Hall–Kier alpha value is -3.36. The number of aromatic amines is 1. The predicted octanol–water partition coefficient (Wildman–Crippen LogP) is 3.15. The zero-order chi connectivity index (χ0) is 18.0. The second-order valence-electron chi connectivity index (χ2n) is 4.93. The number of ether oxygens (including phenoxy) is 1. The Morgan fingerprint density at radius 1 is 1.20 bits per heavy atom. The molecule has 0 radical (unpaired) electrons. The van der Waals surface area contributed by atoms with Gasteiger partial charge in [0.1, 0.15) is 5.69 Å². The number of aromatic nitrogens is 3. The van der Waals surface area contributed by atoms with Crippen LogP contribution in [0.4, 0.5) is 18.9 Å². The number of anilines is 1. The van der Waals surface area contributed by atoms with Crippen LogP contribution in [0.2, 0.25) is 0 Å². The van der Waals surface area contributed by atoms with Crippen molar-refractivity contribution in [2.24, 2.45) is 0 Å². The van der Waals surface area contributed by atoms with Crippen LogP contribution in [0.15, 0.2) is 36.5 Å². The van der Waals surface area contributed by atoms with Crippen LogP contribution >= 0.6 is 0 Å². The first-order valence-electron chi connectivity index (χ1n) is 7.01. The molecule has 0 fully saturated rings. The minimum absolute atomic E-state index is 0.296. The number of benzene rings is 2. The van der Waals surface area contributed by atoms with Gasteiger partial charge in [0.2, 0.25) is 5.82 Å². The highest BCUT2D eigenvalue weighted by Gasteiger charge is 2.24. The first-order valence-corrected chi connectivity index (χ1v) is 7.01. The van der Waals surface area contributed by atoms with Crippen LogP contribution in [-0.2, 0) is 0 Å². The smallest absolute Gasteiger partial charge is 0.258 e. The Morgan fingerprint density at radius 3 is 2.64 bits per heavy atom. The molecule has 0 unspecified atom stereocenters. The van der Waals surface area contributed by atoms with Gasteiger partial charge < -0.3 is 10.1 Å². The van der Waals surface area contributed by atoms with Crippen LogP contribution in [0.5, 0.6) is 5.75 Å². The molecule has 0 spiro atoms. The largest absolute Gasteiger partial charge is 0.491 e. The van der Waals surface area contributed by atoms with Crippen molar-refractivity contribution in [2.75, 3.05) is 12.4 Å². The number of carbonyl (C=O) groups is 1. The number of halogens is 3. The number of hydrogen-bond donors (Lipinski definition) is 2. The van der Waals surface area contributed by atoms with E-state index in [1.165, 1.54) is 6.20 Å². The molecule has 0 aliphatic heterocycles. The normalized spacial score (nSPS) is 10.6. The summed E-state index contributed by atoms with van der Waals surface area (Å²) < 4.78 is 45.8. The monoisotopic (exact) mass is 348 g/mol. The highest BCUT2D eigenvalue weighted by molar-refractivity contribution is 6.06. The number of amides is 1. The third-order valence-electron chi connectivity index (χ3n) is 3.43. The van der Waals surface area contributed by atoms with E-state index in [9.17, 15) is 18.0 Å². The van der Waals surface area contributed by atoms with Gasteiger partial charge in [-0.2, -0.15) is 4.39 Å². The van der Waals surface area contributed by atoms with Crippen LogP contribution < -0.4 is 10.1 Å². The Labute approximate surface area is 139 Å². The fraction of sp³-hybridized carbons (Fsp3) is 0.0625. The Kier molecular flexibility index (Phi) is 4.38. The van der Waals surface area contributed by atoms with Crippen LogP contribution in [0.3, 0.4) is 0 Å². The van der Waals surface area contributed by atoms with E-state index in [-0.39, 0.29) is 0 Å². The Bertz CT molecular complexity index is 929. The predicted molar refractivity (Wildman–Crippen MR) is 82.6 cm³/mol. The molecule has 0 saturated carbocycles. The van der Waals surface area contributed by atoms with Gasteiger partial charge in [0.25, 0.3) is 5.91 Å². The van der Waals surface area contributed by atoms with E-state index < -0.39 is 34.7 Å². The molecule has 1 aromatic heterocycles. The Morgan fingerprint density at radius 2 is 1.96 bits per heavy atom. The van der Waals surface area contributed by atoms with E-state index >= 15 is 0 Å². The van der Waals surface area contributed by atoms with Gasteiger partial charge in [-0.3, -0.25) is 9.89 Å². The third kappa shape index (κ3) is 3.03. The van der Waals surface area contributed by atoms with Crippen molar-refractivity contribution in [3.05, 3.63) is 59.5 Å². The minimum atomic E-state index is -1.50. The first kappa shape index (κ1) is 16.5. The molecule has 3 rings (SSSR count). The van der Waals surface area contributed by atoms with Gasteiger partial charge in [-0.1, -0.05) is 23.4 Å². The van der Waals surface area contributed by atoms with Crippen molar-refractivity contribution in [2.45, 2.75) is 0 Å². The van der Waals surface area contributed by atoms with Crippen LogP contribution in [0.1, 0.15) is 10.4 Å². The lowest BCUT2D eigenvalue weighted by molar-refractivity contribution is 0.102. The summed E-state index contributed by atoms with van der Waals surface area (Å²) in [5.74, 6) is -6.12. The van der Waals surface area contributed by atoms with E-state index in [2.05, 4.69) is 25.5 Å². The maximum atomic E-state index is 14.2. The summed E-state index contributed by atoms with van der Waals surface area (Å²) in [6, 6.07) is 7.04. The standard InChI is InChI=1S/C16H11F3N4O2/c1-25-15-13(18)9(6-10(17)14(15)19)16(24)21-11-5-3-2-4-8(11)12-7-20-23-22-12/h2-7H,1H3,(H,21,24)(H,20,22,23). The van der Waals surface area contributed by atoms with Crippen LogP contribution in [0, 0.1) is 17.5 Å². The SMILES string of the molecule is COc1c(F)c(F)cc(C(=O)Nc2ccccc2-c2c[nH]nn2)c1F. The first-order chi connectivity index (χ1) is 12.0. The van der Waals surface area contributed by atoms with Crippen molar-refractivity contribution in [3.8, 4) is 17.0 Å². The minimum Gasteiger partial charge on any atom is -0.491 e. The van der Waals surface area contributed by atoms with E-state index in [0.717, 1.165) is 7.11 Å². The lowest BCUT2D eigenvalue weighted by Gasteiger charge is -2.12. The lowest BCUT2D eigenvalue weighted by Crippen LogP contribution is -2.16. The summed E-state index contributed by atoms with van der Waals surface area (Å²) in [4.78, 5) is 12.3. The second-order valence-corrected chi connectivity index (χ2v) is 4.93. The van der Waals surface area contributed by atoms with Crippen LogP contribution in [-0.4, -0.2) is 28.4 Å². The summed E-state index contributed by atoms with van der Waals surface area (Å²) in [5, 5.41) is 12.4. The van der Waals surface area contributed by atoms with Gasteiger partial charge in [-0.15, -0.1) is 5.10 Å². The molecule has 1 amide bonds. The average Bonchev–Trinajstić information content (AvgIpc) is 3.13. The lowest BCUT2D eigenvalue weighted by atomic mass is 10.1. The summed E-state index contributed by atoms with van der Waals surface area (Å²) in [5.41, 5.74) is 0.564. The molecule has 6 nitrogen and oxygen atoms in total. The highest BCUT2D eigenvalue weighted by Crippen LogP contribution is 2.29. The average molecular weight is 348 g/mol. The molecular formula is C16H11F3N4O2. The molecule has 128 valence electrons. The van der Waals surface area contributed by atoms with Crippen molar-refractivity contribution in [3.63, 3.8) is 0 Å². The number of nitrogens with zero attached hydrogens (tertiary/aromatic N) is 2. The topological polar surface area (TPSA) is 79.9 Å². The fourth-order valence-electron chi connectivity index (χ4n) is 2.26. The second kappa shape index (κ2) is 6.63.